The van der Waals surface area contributed by atoms with Gasteiger partial charge in [-0.2, -0.15) is 4.31 Å². The Kier molecular flexibility index (Phi) is 6.09. The molecule has 0 spiro atoms. The lowest BCUT2D eigenvalue weighted by molar-refractivity contribution is -0.387. The van der Waals surface area contributed by atoms with Crippen molar-refractivity contribution in [3.8, 4) is 0 Å². The van der Waals surface area contributed by atoms with Crippen LogP contribution in [0.1, 0.15) is 12.0 Å². The van der Waals surface area contributed by atoms with Crippen LogP contribution in [-0.4, -0.2) is 43.8 Å². The number of rotatable bonds is 3. The number of sulfonamides is 1. The third-order valence-corrected chi connectivity index (χ3v) is 5.38. The van der Waals surface area contributed by atoms with Crippen LogP contribution in [0, 0.1) is 17.0 Å². The van der Waals surface area contributed by atoms with Gasteiger partial charge in [0.2, 0.25) is 10.0 Å². The lowest BCUT2D eigenvalue weighted by Crippen LogP contribution is -2.35. The zero-order chi connectivity index (χ0) is 14.8. The summed E-state index contributed by atoms with van der Waals surface area (Å²) in [5.74, 6) is 0. The topological polar surface area (TPSA) is 92.5 Å². The lowest BCUT2D eigenvalue weighted by atomic mass is 10.2. The Morgan fingerprint density at radius 1 is 1.29 bits per heavy atom. The summed E-state index contributed by atoms with van der Waals surface area (Å²) in [5, 5.41) is 14.2. The summed E-state index contributed by atoms with van der Waals surface area (Å²) in [6.07, 6.45) is 0.693. The smallest absolute Gasteiger partial charge is 0.289 e. The predicted molar refractivity (Wildman–Crippen MR) is 81.3 cm³/mol. The molecule has 1 saturated heterocycles. The normalized spacial score (nSPS) is 16.8. The number of nitrogens with zero attached hydrogens (tertiary/aromatic N) is 2. The molecule has 0 bridgehead atoms. The van der Waals surface area contributed by atoms with E-state index in [9.17, 15) is 18.5 Å². The zero-order valence-electron chi connectivity index (χ0n) is 11.6. The van der Waals surface area contributed by atoms with Gasteiger partial charge in [0.25, 0.3) is 5.69 Å². The second kappa shape index (κ2) is 7.17. The highest BCUT2D eigenvalue weighted by Gasteiger charge is 2.33. The Hall–Kier alpha value is -1.22. The van der Waals surface area contributed by atoms with Crippen LogP contribution in [0.4, 0.5) is 5.69 Å². The number of hydrogen-bond acceptors (Lipinski definition) is 5. The summed E-state index contributed by atoms with van der Waals surface area (Å²) in [5.41, 5.74) is 0.0404. The Morgan fingerprint density at radius 3 is 2.67 bits per heavy atom. The van der Waals surface area contributed by atoms with Gasteiger partial charge in [-0.25, -0.2) is 8.42 Å². The van der Waals surface area contributed by atoms with Gasteiger partial charge in [0.15, 0.2) is 4.90 Å². The van der Waals surface area contributed by atoms with E-state index in [1.54, 1.807) is 13.0 Å². The van der Waals surface area contributed by atoms with Gasteiger partial charge >= 0.3 is 0 Å². The molecule has 21 heavy (non-hydrogen) atoms. The van der Waals surface area contributed by atoms with Gasteiger partial charge in [-0.15, -0.1) is 12.4 Å². The van der Waals surface area contributed by atoms with Crippen molar-refractivity contribution in [2.24, 2.45) is 0 Å². The van der Waals surface area contributed by atoms with E-state index in [1.807, 2.05) is 0 Å². The molecule has 2 rings (SSSR count). The van der Waals surface area contributed by atoms with Crippen LogP contribution in [0.5, 0.6) is 0 Å². The molecule has 0 radical (unpaired) electrons. The van der Waals surface area contributed by atoms with Crippen molar-refractivity contribution in [2.45, 2.75) is 18.2 Å². The van der Waals surface area contributed by atoms with Crippen molar-refractivity contribution in [3.05, 3.63) is 33.9 Å². The number of halogens is 1. The maximum Gasteiger partial charge on any atom is 0.289 e. The highest BCUT2D eigenvalue weighted by molar-refractivity contribution is 7.89. The van der Waals surface area contributed by atoms with Crippen molar-refractivity contribution in [3.63, 3.8) is 0 Å². The summed E-state index contributed by atoms with van der Waals surface area (Å²) in [4.78, 5) is 10.3. The first-order valence-electron chi connectivity index (χ1n) is 6.39. The number of nitro benzene ring substituents is 1. The molecule has 1 aliphatic heterocycles. The summed E-state index contributed by atoms with van der Waals surface area (Å²) < 4.78 is 26.7. The first-order chi connectivity index (χ1) is 9.44. The van der Waals surface area contributed by atoms with Crippen molar-refractivity contribution in [1.82, 2.24) is 9.62 Å². The van der Waals surface area contributed by atoms with Crippen LogP contribution < -0.4 is 5.32 Å². The molecule has 0 aromatic heterocycles. The molecule has 9 heteroatoms. The van der Waals surface area contributed by atoms with Gasteiger partial charge in [0, 0.05) is 25.7 Å². The molecule has 0 aliphatic carbocycles. The van der Waals surface area contributed by atoms with Gasteiger partial charge in [0.05, 0.1) is 4.92 Å². The molecule has 1 aromatic rings. The van der Waals surface area contributed by atoms with Crippen LogP contribution in [0.15, 0.2) is 23.1 Å². The van der Waals surface area contributed by atoms with Crippen molar-refractivity contribution in [1.29, 1.82) is 0 Å². The van der Waals surface area contributed by atoms with Crippen molar-refractivity contribution in [2.75, 3.05) is 26.2 Å². The molecular weight excluding hydrogens is 318 g/mol. The molecule has 1 aromatic carbocycles. The van der Waals surface area contributed by atoms with Gasteiger partial charge in [-0.05, 0) is 25.5 Å². The largest absolute Gasteiger partial charge is 0.315 e. The van der Waals surface area contributed by atoms with E-state index in [0.29, 0.717) is 31.6 Å². The standard InChI is InChI=1S/C12H17N3O4S.ClH/c1-10-4-2-5-11(15(16)17)12(10)20(18,19)14-8-3-6-13-7-9-14;/h2,4-5,13H,3,6-9H2,1H3;1H. The van der Waals surface area contributed by atoms with E-state index in [0.717, 1.165) is 6.54 Å². The second-order valence-electron chi connectivity index (χ2n) is 4.69. The Labute approximate surface area is 129 Å². The predicted octanol–water partition coefficient (Wildman–Crippen LogP) is 1.31. The summed E-state index contributed by atoms with van der Waals surface area (Å²) in [6, 6.07) is 4.31. The molecule has 1 N–H and O–H groups in total. The lowest BCUT2D eigenvalue weighted by Gasteiger charge is -2.20. The molecule has 7 nitrogen and oxygen atoms in total. The van der Waals surface area contributed by atoms with E-state index in [1.165, 1.54) is 16.4 Å². The molecule has 0 unspecified atom stereocenters. The van der Waals surface area contributed by atoms with Gasteiger partial charge in [-0.1, -0.05) is 12.1 Å². The fourth-order valence-electron chi connectivity index (χ4n) is 2.31. The van der Waals surface area contributed by atoms with Crippen LogP contribution in [0.2, 0.25) is 0 Å². The molecule has 1 heterocycles. The minimum absolute atomic E-state index is 0. The monoisotopic (exact) mass is 335 g/mol. The Balaban J connectivity index is 0.00000220. The minimum Gasteiger partial charge on any atom is -0.315 e. The average Bonchev–Trinajstić information content (AvgIpc) is 2.67. The average molecular weight is 336 g/mol. The van der Waals surface area contributed by atoms with Crippen molar-refractivity contribution < 1.29 is 13.3 Å². The number of benzene rings is 1. The number of aryl methyl sites for hydroxylation is 1. The van der Waals surface area contributed by atoms with E-state index >= 15 is 0 Å². The first kappa shape index (κ1) is 17.8. The molecule has 0 saturated carbocycles. The van der Waals surface area contributed by atoms with Crippen LogP contribution in [0.25, 0.3) is 0 Å². The molecule has 0 amide bonds. The van der Waals surface area contributed by atoms with Crippen LogP contribution in [-0.2, 0) is 10.0 Å². The highest BCUT2D eigenvalue weighted by atomic mass is 35.5. The van der Waals surface area contributed by atoms with E-state index in [4.69, 9.17) is 0 Å². The minimum atomic E-state index is -3.84. The number of nitro groups is 1. The fourth-order valence-corrected chi connectivity index (χ4v) is 4.15. The van der Waals surface area contributed by atoms with E-state index < -0.39 is 14.9 Å². The van der Waals surface area contributed by atoms with Crippen molar-refractivity contribution >= 4 is 28.1 Å². The number of hydrogen-bond donors (Lipinski definition) is 1. The van der Waals surface area contributed by atoms with E-state index in [2.05, 4.69) is 5.32 Å². The van der Waals surface area contributed by atoms with Crippen LogP contribution in [0.3, 0.4) is 0 Å². The highest BCUT2D eigenvalue weighted by Crippen LogP contribution is 2.29. The van der Waals surface area contributed by atoms with E-state index in [-0.39, 0.29) is 23.0 Å². The van der Waals surface area contributed by atoms with Gasteiger partial charge in [0.1, 0.15) is 0 Å². The Bertz CT molecular complexity index is 613. The molecule has 0 atom stereocenters. The SMILES string of the molecule is Cc1cccc([N+](=O)[O-])c1S(=O)(=O)N1CCCNCC1.Cl. The molecule has 118 valence electrons. The number of nitrogens with one attached hydrogen (secondary N) is 1. The molecule has 1 aliphatic rings. The molecular formula is C12H18ClN3O4S. The summed E-state index contributed by atoms with van der Waals surface area (Å²) in [7, 11) is -3.84. The summed E-state index contributed by atoms with van der Waals surface area (Å²) >= 11 is 0. The third-order valence-electron chi connectivity index (χ3n) is 3.28. The van der Waals surface area contributed by atoms with Crippen LogP contribution >= 0.6 is 12.4 Å². The Morgan fingerprint density at radius 2 is 2.00 bits per heavy atom. The van der Waals surface area contributed by atoms with Gasteiger partial charge in [-0.3, -0.25) is 10.1 Å². The van der Waals surface area contributed by atoms with Gasteiger partial charge < -0.3 is 5.32 Å². The quantitative estimate of drug-likeness (QED) is 0.664. The maximum absolute atomic E-state index is 12.7. The summed E-state index contributed by atoms with van der Waals surface area (Å²) in [6.45, 7) is 3.59. The zero-order valence-corrected chi connectivity index (χ0v) is 13.2. The second-order valence-corrected chi connectivity index (χ2v) is 6.56. The third kappa shape index (κ3) is 3.70. The fraction of sp³-hybridized carbons (Fsp3) is 0.500. The molecule has 1 fully saturated rings. The maximum atomic E-state index is 12.7. The first-order valence-corrected chi connectivity index (χ1v) is 7.83.